The van der Waals surface area contributed by atoms with Crippen molar-refractivity contribution in [3.63, 3.8) is 0 Å². The van der Waals surface area contributed by atoms with E-state index in [1.807, 2.05) is 17.9 Å². The summed E-state index contributed by atoms with van der Waals surface area (Å²) in [6.07, 6.45) is -0.625. The van der Waals surface area contributed by atoms with Gasteiger partial charge in [-0.05, 0) is 43.7 Å². The summed E-state index contributed by atoms with van der Waals surface area (Å²) in [6.45, 7) is 4.23. The lowest BCUT2D eigenvalue weighted by atomic mass is 10.1. The Morgan fingerprint density at radius 3 is 2.50 bits per heavy atom. The van der Waals surface area contributed by atoms with Gasteiger partial charge in [-0.1, -0.05) is 29.8 Å². The molecule has 106 valence electrons. The Bertz CT molecular complexity index is 601. The Labute approximate surface area is 123 Å². The second kappa shape index (κ2) is 6.25. The van der Waals surface area contributed by atoms with Gasteiger partial charge in [0.1, 0.15) is 5.82 Å². The topological polar surface area (TPSA) is 23.5 Å². The summed E-state index contributed by atoms with van der Waals surface area (Å²) in [6, 6.07) is 12.0. The molecule has 2 aromatic rings. The molecule has 2 rings (SSSR count). The average Bonchev–Trinajstić information content (AvgIpc) is 2.41. The molecule has 0 saturated heterocycles. The van der Waals surface area contributed by atoms with Crippen molar-refractivity contribution in [2.75, 3.05) is 11.4 Å². The summed E-state index contributed by atoms with van der Waals surface area (Å²) in [5, 5.41) is 10.1. The third-order valence-corrected chi connectivity index (χ3v) is 3.53. The minimum atomic E-state index is -0.625. The zero-order chi connectivity index (χ0) is 14.7. The van der Waals surface area contributed by atoms with Crippen LogP contribution < -0.4 is 4.90 Å². The summed E-state index contributed by atoms with van der Waals surface area (Å²) in [4.78, 5) is 1.84. The van der Waals surface area contributed by atoms with E-state index < -0.39 is 6.10 Å². The van der Waals surface area contributed by atoms with Crippen LogP contribution in [0.1, 0.15) is 25.5 Å². The van der Waals surface area contributed by atoms with Gasteiger partial charge < -0.3 is 10.0 Å². The van der Waals surface area contributed by atoms with Crippen LogP contribution in [0.25, 0.3) is 0 Å². The number of rotatable bonds is 4. The molecular weight excluding hydrogens is 277 g/mol. The molecule has 0 aliphatic heterocycles. The lowest BCUT2D eigenvalue weighted by molar-refractivity contribution is 0.199. The predicted molar refractivity (Wildman–Crippen MR) is 81.2 cm³/mol. The first kappa shape index (κ1) is 14.8. The van der Waals surface area contributed by atoms with Crippen LogP contribution in [0, 0.1) is 5.82 Å². The van der Waals surface area contributed by atoms with E-state index in [0.29, 0.717) is 22.8 Å². The largest absolute Gasteiger partial charge is 0.389 e. The fourth-order valence-electron chi connectivity index (χ4n) is 2.19. The van der Waals surface area contributed by atoms with Crippen LogP contribution in [0.3, 0.4) is 0 Å². The number of para-hydroxylation sites is 1. The molecule has 0 aromatic heterocycles. The maximum absolute atomic E-state index is 13.9. The molecule has 4 heteroatoms. The summed E-state index contributed by atoms with van der Waals surface area (Å²) in [5.41, 5.74) is 1.97. The molecule has 2 aromatic carbocycles. The number of hydrogen-bond donors (Lipinski definition) is 1. The number of nitrogens with zero attached hydrogens (tertiary/aromatic N) is 1. The van der Waals surface area contributed by atoms with E-state index in [0.717, 1.165) is 5.69 Å². The highest BCUT2D eigenvalue weighted by Gasteiger charge is 2.14. The molecule has 0 amide bonds. The molecule has 0 fully saturated rings. The second-order valence-corrected chi connectivity index (χ2v) is 4.98. The summed E-state index contributed by atoms with van der Waals surface area (Å²) in [5.74, 6) is -0.273. The normalized spacial score (nSPS) is 12.2. The molecule has 0 aliphatic rings. The van der Waals surface area contributed by atoms with E-state index >= 15 is 0 Å². The maximum Gasteiger partial charge on any atom is 0.146 e. The van der Waals surface area contributed by atoms with Crippen molar-refractivity contribution < 1.29 is 9.50 Å². The highest BCUT2D eigenvalue weighted by molar-refractivity contribution is 6.31. The Balaban J connectivity index is 2.43. The first-order valence-corrected chi connectivity index (χ1v) is 6.92. The predicted octanol–water partition coefficient (Wildman–Crippen LogP) is 4.69. The molecule has 0 heterocycles. The van der Waals surface area contributed by atoms with Crippen molar-refractivity contribution in [3.8, 4) is 0 Å². The van der Waals surface area contributed by atoms with Gasteiger partial charge in [-0.2, -0.15) is 0 Å². The fourth-order valence-corrected chi connectivity index (χ4v) is 2.52. The first-order chi connectivity index (χ1) is 9.54. The summed E-state index contributed by atoms with van der Waals surface area (Å²) in [7, 11) is 0. The number of anilines is 2. The van der Waals surface area contributed by atoms with Gasteiger partial charge in [0.05, 0.1) is 11.8 Å². The van der Waals surface area contributed by atoms with E-state index in [9.17, 15) is 9.50 Å². The van der Waals surface area contributed by atoms with Gasteiger partial charge >= 0.3 is 0 Å². The molecule has 0 bridgehead atoms. The van der Waals surface area contributed by atoms with Crippen LogP contribution in [0.15, 0.2) is 42.5 Å². The number of halogens is 2. The molecule has 0 spiro atoms. The van der Waals surface area contributed by atoms with Gasteiger partial charge in [-0.15, -0.1) is 0 Å². The van der Waals surface area contributed by atoms with Gasteiger partial charge in [0, 0.05) is 17.3 Å². The number of aliphatic hydroxyl groups excluding tert-OH is 1. The third-order valence-electron chi connectivity index (χ3n) is 3.21. The van der Waals surface area contributed by atoms with Crippen molar-refractivity contribution in [1.82, 2.24) is 0 Å². The van der Waals surface area contributed by atoms with Crippen LogP contribution in [0.5, 0.6) is 0 Å². The molecule has 2 nitrogen and oxygen atoms in total. The molecule has 0 aliphatic carbocycles. The van der Waals surface area contributed by atoms with Gasteiger partial charge in [-0.25, -0.2) is 4.39 Å². The average molecular weight is 294 g/mol. The van der Waals surface area contributed by atoms with Crippen LogP contribution >= 0.6 is 11.6 Å². The van der Waals surface area contributed by atoms with Crippen molar-refractivity contribution in [2.24, 2.45) is 0 Å². The van der Waals surface area contributed by atoms with E-state index in [1.54, 1.807) is 37.3 Å². The molecule has 0 saturated carbocycles. The zero-order valence-electron chi connectivity index (χ0n) is 11.5. The summed E-state index contributed by atoms with van der Waals surface area (Å²) >= 11 is 6.17. The molecule has 1 N–H and O–H groups in total. The monoisotopic (exact) mass is 293 g/mol. The van der Waals surface area contributed by atoms with Crippen LogP contribution in [-0.4, -0.2) is 11.7 Å². The van der Waals surface area contributed by atoms with Gasteiger partial charge in [0.25, 0.3) is 0 Å². The maximum atomic E-state index is 13.9. The van der Waals surface area contributed by atoms with E-state index in [4.69, 9.17) is 11.6 Å². The Kier molecular flexibility index (Phi) is 4.63. The quantitative estimate of drug-likeness (QED) is 0.884. The van der Waals surface area contributed by atoms with Crippen molar-refractivity contribution in [3.05, 3.63) is 58.9 Å². The Hall–Kier alpha value is -1.58. The van der Waals surface area contributed by atoms with Crippen molar-refractivity contribution in [2.45, 2.75) is 20.0 Å². The van der Waals surface area contributed by atoms with Gasteiger partial charge in [0.15, 0.2) is 0 Å². The highest BCUT2D eigenvalue weighted by atomic mass is 35.5. The SMILES string of the molecule is CCN(c1ccc(C(C)O)c(Cl)c1)c1ccccc1F. The van der Waals surface area contributed by atoms with Crippen LogP contribution in [-0.2, 0) is 0 Å². The standard InChI is InChI=1S/C16H17ClFNO/c1-3-19(16-7-5-4-6-15(16)18)12-8-9-13(11(2)20)14(17)10-12/h4-11,20H,3H2,1-2H3. The number of hydrogen-bond acceptors (Lipinski definition) is 2. The first-order valence-electron chi connectivity index (χ1n) is 6.54. The fraction of sp³-hybridized carbons (Fsp3) is 0.250. The molecular formula is C16H17ClFNO. The molecule has 1 unspecified atom stereocenters. The Morgan fingerprint density at radius 2 is 1.95 bits per heavy atom. The number of benzene rings is 2. The third kappa shape index (κ3) is 2.94. The summed E-state index contributed by atoms with van der Waals surface area (Å²) < 4.78 is 13.9. The highest BCUT2D eigenvalue weighted by Crippen LogP contribution is 2.32. The van der Waals surface area contributed by atoms with Gasteiger partial charge in [-0.3, -0.25) is 0 Å². The second-order valence-electron chi connectivity index (χ2n) is 4.58. The van der Waals surface area contributed by atoms with Crippen LogP contribution in [0.4, 0.5) is 15.8 Å². The zero-order valence-corrected chi connectivity index (χ0v) is 12.2. The molecule has 20 heavy (non-hydrogen) atoms. The van der Waals surface area contributed by atoms with Crippen molar-refractivity contribution in [1.29, 1.82) is 0 Å². The van der Waals surface area contributed by atoms with Crippen LogP contribution in [0.2, 0.25) is 5.02 Å². The van der Waals surface area contributed by atoms with E-state index in [2.05, 4.69) is 0 Å². The minimum Gasteiger partial charge on any atom is -0.389 e. The number of aliphatic hydroxyl groups is 1. The molecule has 1 atom stereocenters. The Morgan fingerprint density at radius 1 is 1.25 bits per heavy atom. The van der Waals surface area contributed by atoms with Gasteiger partial charge in [0.2, 0.25) is 0 Å². The van der Waals surface area contributed by atoms with Crippen molar-refractivity contribution >= 4 is 23.0 Å². The smallest absolute Gasteiger partial charge is 0.146 e. The van der Waals surface area contributed by atoms with E-state index in [-0.39, 0.29) is 5.82 Å². The minimum absolute atomic E-state index is 0.273. The molecule has 0 radical (unpaired) electrons. The lowest BCUT2D eigenvalue weighted by Crippen LogP contribution is -2.17. The lowest BCUT2D eigenvalue weighted by Gasteiger charge is -2.24. The van der Waals surface area contributed by atoms with E-state index in [1.165, 1.54) is 6.07 Å².